The van der Waals surface area contributed by atoms with Gasteiger partial charge in [0, 0.05) is 18.2 Å². The summed E-state index contributed by atoms with van der Waals surface area (Å²) in [6, 6.07) is 12.6. The van der Waals surface area contributed by atoms with Crippen LogP contribution in [0.5, 0.6) is 5.75 Å². The molecule has 1 heterocycles. The lowest BCUT2D eigenvalue weighted by atomic mass is 10.1. The minimum atomic E-state index is -0.562. The van der Waals surface area contributed by atoms with Crippen LogP contribution >= 0.6 is 0 Å². The molecule has 0 aliphatic carbocycles. The summed E-state index contributed by atoms with van der Waals surface area (Å²) < 4.78 is 0. The largest absolute Gasteiger partial charge is 0.508 e. The normalized spacial score (nSPS) is 15.0. The lowest BCUT2D eigenvalue weighted by Crippen LogP contribution is -2.29. The molecular weight excluding hydrogens is 346 g/mol. The molecule has 136 valence electrons. The van der Waals surface area contributed by atoms with E-state index in [0.29, 0.717) is 17.0 Å². The summed E-state index contributed by atoms with van der Waals surface area (Å²) >= 11 is 0. The number of rotatable bonds is 3. The molecule has 1 aliphatic heterocycles. The summed E-state index contributed by atoms with van der Waals surface area (Å²) in [6.45, 7) is 3.03. The Labute approximate surface area is 155 Å². The van der Waals surface area contributed by atoms with Gasteiger partial charge in [0.25, 0.3) is 11.8 Å². The number of phenols is 1. The molecule has 7 nitrogen and oxygen atoms in total. The smallest absolute Gasteiger partial charge is 0.283 e. The second kappa shape index (κ2) is 7.25. The molecule has 3 amide bonds. The van der Waals surface area contributed by atoms with Crippen LogP contribution in [0.15, 0.2) is 59.2 Å². The van der Waals surface area contributed by atoms with Gasteiger partial charge in [-0.25, -0.2) is 0 Å². The maximum Gasteiger partial charge on any atom is 0.283 e. The molecule has 0 saturated carbocycles. The third kappa shape index (κ3) is 3.92. The van der Waals surface area contributed by atoms with E-state index in [0.717, 1.165) is 5.01 Å². The van der Waals surface area contributed by atoms with Crippen LogP contribution in [0.1, 0.15) is 29.8 Å². The van der Waals surface area contributed by atoms with Crippen molar-refractivity contribution in [3.8, 4) is 5.75 Å². The quantitative estimate of drug-likeness (QED) is 0.647. The van der Waals surface area contributed by atoms with Crippen molar-refractivity contribution < 1.29 is 19.5 Å². The van der Waals surface area contributed by atoms with E-state index in [-0.39, 0.29) is 22.8 Å². The molecule has 0 saturated heterocycles. The summed E-state index contributed by atoms with van der Waals surface area (Å²) in [6.07, 6.45) is 1.58. The van der Waals surface area contributed by atoms with Crippen molar-refractivity contribution >= 4 is 35.2 Å². The van der Waals surface area contributed by atoms with Crippen LogP contribution in [-0.4, -0.2) is 33.5 Å². The van der Waals surface area contributed by atoms with Crippen molar-refractivity contribution in [3.63, 3.8) is 0 Å². The zero-order valence-electron chi connectivity index (χ0n) is 14.8. The minimum absolute atomic E-state index is 0.0802. The minimum Gasteiger partial charge on any atom is -0.508 e. The lowest BCUT2D eigenvalue weighted by Gasteiger charge is -2.10. The van der Waals surface area contributed by atoms with E-state index in [9.17, 15) is 19.5 Å². The van der Waals surface area contributed by atoms with Crippen molar-refractivity contribution in [3.05, 3.63) is 65.2 Å². The Morgan fingerprint density at radius 1 is 1.15 bits per heavy atom. The maximum atomic E-state index is 12.6. The number of aromatic hydroxyl groups is 1. The van der Waals surface area contributed by atoms with Gasteiger partial charge in [-0.3, -0.25) is 14.4 Å². The highest BCUT2D eigenvalue weighted by molar-refractivity contribution is 6.30. The molecule has 3 rings (SSSR count). The first-order valence-electron chi connectivity index (χ1n) is 8.18. The third-order valence-corrected chi connectivity index (χ3v) is 3.89. The van der Waals surface area contributed by atoms with Crippen molar-refractivity contribution in [2.24, 2.45) is 5.10 Å². The zero-order chi connectivity index (χ0) is 19.6. The van der Waals surface area contributed by atoms with E-state index < -0.39 is 11.8 Å². The SMILES string of the molecule is CC(=O)Nc1ccc(C(=O)N2N=C(C)C(=Cc3cccc(O)c3)C2=O)cc1. The highest BCUT2D eigenvalue weighted by Crippen LogP contribution is 2.22. The van der Waals surface area contributed by atoms with Gasteiger partial charge in [0.2, 0.25) is 5.91 Å². The molecule has 1 aliphatic rings. The van der Waals surface area contributed by atoms with Crippen LogP contribution in [0.4, 0.5) is 5.69 Å². The fourth-order valence-corrected chi connectivity index (χ4v) is 2.62. The molecule has 7 heteroatoms. The summed E-state index contributed by atoms with van der Waals surface area (Å²) in [5.41, 5.74) is 2.14. The highest BCUT2D eigenvalue weighted by atomic mass is 16.3. The molecule has 0 spiro atoms. The maximum absolute atomic E-state index is 12.6. The molecular formula is C20H17N3O4. The molecule has 0 fully saturated rings. The standard InChI is InChI=1S/C20H17N3O4/c1-12-18(11-14-4-3-5-17(25)10-14)20(27)23(22-12)19(26)15-6-8-16(9-7-15)21-13(2)24/h3-11,25H,1-2H3,(H,21,24). The van der Waals surface area contributed by atoms with Gasteiger partial charge in [-0.1, -0.05) is 12.1 Å². The topological polar surface area (TPSA) is 99.1 Å². The Morgan fingerprint density at radius 2 is 1.85 bits per heavy atom. The monoisotopic (exact) mass is 363 g/mol. The third-order valence-electron chi connectivity index (χ3n) is 3.89. The first-order valence-corrected chi connectivity index (χ1v) is 8.18. The van der Waals surface area contributed by atoms with E-state index >= 15 is 0 Å². The predicted octanol–water partition coefficient (Wildman–Crippen LogP) is 2.79. The van der Waals surface area contributed by atoms with Crippen LogP contribution in [0, 0.1) is 0 Å². The Balaban J connectivity index is 1.83. The number of phenolic OH excluding ortho intramolecular Hbond substituents is 1. The van der Waals surface area contributed by atoms with Gasteiger partial charge >= 0.3 is 0 Å². The van der Waals surface area contributed by atoms with Crippen LogP contribution in [-0.2, 0) is 9.59 Å². The van der Waals surface area contributed by atoms with Gasteiger partial charge in [-0.2, -0.15) is 10.1 Å². The molecule has 0 radical (unpaired) electrons. The van der Waals surface area contributed by atoms with E-state index in [1.54, 1.807) is 37.3 Å². The van der Waals surface area contributed by atoms with Crippen molar-refractivity contribution in [2.45, 2.75) is 13.8 Å². The number of amides is 3. The van der Waals surface area contributed by atoms with Crippen LogP contribution < -0.4 is 5.32 Å². The molecule has 2 N–H and O–H groups in total. The fraction of sp³-hybridized carbons (Fsp3) is 0.100. The second-order valence-electron chi connectivity index (χ2n) is 6.02. The number of imide groups is 1. The number of carbonyl (C=O) groups excluding carboxylic acids is 3. The Kier molecular flexibility index (Phi) is 4.85. The number of benzene rings is 2. The Hall–Kier alpha value is -3.74. The van der Waals surface area contributed by atoms with Gasteiger partial charge in [0.05, 0.1) is 11.3 Å². The predicted molar refractivity (Wildman–Crippen MR) is 101 cm³/mol. The molecule has 0 unspecified atom stereocenters. The van der Waals surface area contributed by atoms with Gasteiger partial charge in [-0.15, -0.1) is 0 Å². The number of hydrogen-bond donors (Lipinski definition) is 2. The zero-order valence-corrected chi connectivity index (χ0v) is 14.8. The van der Waals surface area contributed by atoms with Crippen LogP contribution in [0.2, 0.25) is 0 Å². The molecule has 2 aromatic carbocycles. The molecule has 0 aromatic heterocycles. The molecule has 0 bridgehead atoms. The molecule has 0 atom stereocenters. The number of nitrogens with one attached hydrogen (secondary N) is 1. The Morgan fingerprint density at radius 3 is 2.48 bits per heavy atom. The highest BCUT2D eigenvalue weighted by Gasteiger charge is 2.32. The van der Waals surface area contributed by atoms with Crippen LogP contribution in [0.3, 0.4) is 0 Å². The van der Waals surface area contributed by atoms with E-state index in [1.165, 1.54) is 31.2 Å². The average Bonchev–Trinajstić information content (AvgIpc) is 2.89. The van der Waals surface area contributed by atoms with Gasteiger partial charge in [0.1, 0.15) is 5.75 Å². The van der Waals surface area contributed by atoms with E-state index in [4.69, 9.17) is 0 Å². The first kappa shape index (κ1) is 18.1. The lowest BCUT2D eigenvalue weighted by molar-refractivity contribution is -0.123. The number of carbonyl (C=O) groups is 3. The van der Waals surface area contributed by atoms with E-state index in [1.807, 2.05) is 0 Å². The van der Waals surface area contributed by atoms with Crippen molar-refractivity contribution in [1.82, 2.24) is 5.01 Å². The van der Waals surface area contributed by atoms with Crippen LogP contribution in [0.25, 0.3) is 6.08 Å². The van der Waals surface area contributed by atoms with Gasteiger partial charge in [-0.05, 0) is 55.0 Å². The fourth-order valence-electron chi connectivity index (χ4n) is 2.62. The molecule has 27 heavy (non-hydrogen) atoms. The van der Waals surface area contributed by atoms with Gasteiger partial charge < -0.3 is 10.4 Å². The number of hydrazone groups is 1. The van der Waals surface area contributed by atoms with E-state index in [2.05, 4.69) is 10.4 Å². The van der Waals surface area contributed by atoms with Crippen molar-refractivity contribution in [1.29, 1.82) is 0 Å². The first-order chi connectivity index (χ1) is 12.8. The average molecular weight is 363 g/mol. The number of anilines is 1. The summed E-state index contributed by atoms with van der Waals surface area (Å²) in [5.74, 6) is -1.23. The number of hydrogen-bond acceptors (Lipinski definition) is 5. The summed E-state index contributed by atoms with van der Waals surface area (Å²) in [7, 11) is 0. The van der Waals surface area contributed by atoms with Crippen molar-refractivity contribution in [2.75, 3.05) is 5.32 Å². The summed E-state index contributed by atoms with van der Waals surface area (Å²) in [4.78, 5) is 36.3. The number of nitrogens with zero attached hydrogens (tertiary/aromatic N) is 2. The molecule has 2 aromatic rings. The second-order valence-corrected chi connectivity index (χ2v) is 6.02. The summed E-state index contributed by atoms with van der Waals surface area (Å²) in [5, 5.41) is 17.0. The Bertz CT molecular complexity index is 991. The van der Waals surface area contributed by atoms with Gasteiger partial charge in [0.15, 0.2) is 0 Å².